The van der Waals surface area contributed by atoms with Crippen LogP contribution in [0.5, 0.6) is 0 Å². The SMILES string of the molecule is O=C1NCCc2ccc(NS(=O)(=O)c3cc(F)ccc3F)cc21. The van der Waals surface area contributed by atoms with Gasteiger partial charge in [-0.3, -0.25) is 9.52 Å². The monoisotopic (exact) mass is 338 g/mol. The van der Waals surface area contributed by atoms with Crippen LogP contribution in [0.15, 0.2) is 41.3 Å². The highest BCUT2D eigenvalue weighted by atomic mass is 32.2. The predicted octanol–water partition coefficient (Wildman–Crippen LogP) is 2.05. The van der Waals surface area contributed by atoms with Crippen molar-refractivity contribution in [3.8, 4) is 0 Å². The van der Waals surface area contributed by atoms with Crippen molar-refractivity contribution in [3.05, 3.63) is 59.2 Å². The number of nitrogens with one attached hydrogen (secondary N) is 2. The largest absolute Gasteiger partial charge is 0.352 e. The second-order valence-electron chi connectivity index (χ2n) is 5.06. The summed E-state index contributed by atoms with van der Waals surface area (Å²) in [5, 5.41) is 2.65. The van der Waals surface area contributed by atoms with Crippen LogP contribution in [0.2, 0.25) is 0 Å². The van der Waals surface area contributed by atoms with E-state index < -0.39 is 26.6 Å². The van der Waals surface area contributed by atoms with Gasteiger partial charge in [-0.05, 0) is 42.3 Å². The lowest BCUT2D eigenvalue weighted by Crippen LogP contribution is -2.31. The second-order valence-corrected chi connectivity index (χ2v) is 6.71. The standard InChI is InChI=1S/C15H12F2N2O3S/c16-10-2-4-13(17)14(7-10)23(21,22)19-11-3-1-9-5-6-18-15(20)12(9)8-11/h1-4,7-8,19H,5-6H2,(H,18,20). The topological polar surface area (TPSA) is 75.3 Å². The molecular formula is C15H12F2N2O3S. The first-order chi connectivity index (χ1) is 10.9. The zero-order chi connectivity index (χ0) is 16.6. The number of amides is 1. The first-order valence-corrected chi connectivity index (χ1v) is 8.24. The molecule has 1 heterocycles. The Morgan fingerprint density at radius 2 is 1.87 bits per heavy atom. The normalized spacial score (nSPS) is 14.1. The van der Waals surface area contributed by atoms with E-state index in [0.717, 1.165) is 17.7 Å². The molecule has 2 aromatic carbocycles. The van der Waals surface area contributed by atoms with Gasteiger partial charge in [0.2, 0.25) is 0 Å². The molecule has 0 aliphatic carbocycles. The molecule has 1 aliphatic rings. The predicted molar refractivity (Wildman–Crippen MR) is 79.6 cm³/mol. The summed E-state index contributed by atoms with van der Waals surface area (Å²) in [5.41, 5.74) is 1.26. The summed E-state index contributed by atoms with van der Waals surface area (Å²) >= 11 is 0. The highest BCUT2D eigenvalue weighted by Gasteiger charge is 2.22. The zero-order valence-corrected chi connectivity index (χ0v) is 12.6. The van der Waals surface area contributed by atoms with Crippen molar-refractivity contribution in [1.82, 2.24) is 5.32 Å². The molecule has 2 N–H and O–H groups in total. The second kappa shape index (κ2) is 5.62. The Morgan fingerprint density at radius 3 is 2.65 bits per heavy atom. The van der Waals surface area contributed by atoms with Gasteiger partial charge < -0.3 is 5.32 Å². The van der Waals surface area contributed by atoms with E-state index in [9.17, 15) is 22.0 Å². The van der Waals surface area contributed by atoms with Gasteiger partial charge in [0.15, 0.2) is 0 Å². The number of halogens is 2. The molecule has 0 aromatic heterocycles. The van der Waals surface area contributed by atoms with Gasteiger partial charge >= 0.3 is 0 Å². The number of hydrogen-bond donors (Lipinski definition) is 2. The molecular weight excluding hydrogens is 326 g/mol. The fourth-order valence-corrected chi connectivity index (χ4v) is 3.51. The van der Waals surface area contributed by atoms with Crippen molar-refractivity contribution >= 4 is 21.6 Å². The summed E-state index contributed by atoms with van der Waals surface area (Å²) in [6.45, 7) is 0.519. The summed E-state index contributed by atoms with van der Waals surface area (Å²) in [5.74, 6) is -2.23. The smallest absolute Gasteiger partial charge is 0.264 e. The van der Waals surface area contributed by atoms with Crippen LogP contribution in [0.4, 0.5) is 14.5 Å². The number of carbonyl (C=O) groups excluding carboxylic acids is 1. The number of carbonyl (C=O) groups is 1. The van der Waals surface area contributed by atoms with Gasteiger partial charge in [-0.1, -0.05) is 6.07 Å². The molecule has 0 fully saturated rings. The van der Waals surface area contributed by atoms with Crippen molar-refractivity contribution in [2.75, 3.05) is 11.3 Å². The lowest BCUT2D eigenvalue weighted by atomic mass is 10.00. The third-order valence-corrected chi connectivity index (χ3v) is 4.87. The van der Waals surface area contributed by atoms with E-state index in [0.29, 0.717) is 24.6 Å². The van der Waals surface area contributed by atoms with Crippen molar-refractivity contribution in [1.29, 1.82) is 0 Å². The summed E-state index contributed by atoms with van der Waals surface area (Å²) in [4.78, 5) is 11.0. The third kappa shape index (κ3) is 3.02. The molecule has 0 saturated carbocycles. The molecule has 1 aliphatic heterocycles. The highest BCUT2D eigenvalue weighted by molar-refractivity contribution is 7.92. The Hall–Kier alpha value is -2.48. The maximum Gasteiger partial charge on any atom is 0.264 e. The van der Waals surface area contributed by atoms with Crippen LogP contribution in [0.1, 0.15) is 15.9 Å². The van der Waals surface area contributed by atoms with Crippen LogP contribution in [0, 0.1) is 11.6 Å². The first kappa shape index (κ1) is 15.4. The van der Waals surface area contributed by atoms with E-state index in [-0.39, 0.29) is 11.6 Å². The minimum Gasteiger partial charge on any atom is -0.352 e. The molecule has 0 bridgehead atoms. The van der Waals surface area contributed by atoms with E-state index in [1.165, 1.54) is 12.1 Å². The molecule has 8 heteroatoms. The molecule has 3 rings (SSSR count). The van der Waals surface area contributed by atoms with Crippen LogP contribution in [-0.4, -0.2) is 20.9 Å². The number of rotatable bonds is 3. The Morgan fingerprint density at radius 1 is 1.09 bits per heavy atom. The number of benzene rings is 2. The molecule has 1 amide bonds. The van der Waals surface area contributed by atoms with Gasteiger partial charge in [0, 0.05) is 17.8 Å². The summed E-state index contributed by atoms with van der Waals surface area (Å²) in [6.07, 6.45) is 0.645. The quantitative estimate of drug-likeness (QED) is 0.899. The minimum absolute atomic E-state index is 0.101. The third-order valence-electron chi connectivity index (χ3n) is 3.47. The van der Waals surface area contributed by atoms with Crippen LogP contribution in [-0.2, 0) is 16.4 Å². The minimum atomic E-state index is -4.31. The van der Waals surface area contributed by atoms with Gasteiger partial charge in [0.1, 0.15) is 16.5 Å². The van der Waals surface area contributed by atoms with Crippen molar-refractivity contribution in [2.24, 2.45) is 0 Å². The number of fused-ring (bicyclic) bond motifs is 1. The Balaban J connectivity index is 1.96. The van der Waals surface area contributed by atoms with Crippen molar-refractivity contribution in [3.63, 3.8) is 0 Å². The fourth-order valence-electron chi connectivity index (χ4n) is 2.37. The van der Waals surface area contributed by atoms with E-state index in [2.05, 4.69) is 10.0 Å². The number of anilines is 1. The average molecular weight is 338 g/mol. The summed E-state index contributed by atoms with van der Waals surface area (Å²) in [6, 6.07) is 6.66. The summed E-state index contributed by atoms with van der Waals surface area (Å²) < 4.78 is 53.4. The molecule has 0 atom stereocenters. The zero-order valence-electron chi connectivity index (χ0n) is 11.8. The van der Waals surface area contributed by atoms with E-state index in [1.807, 2.05) is 0 Å². The molecule has 2 aromatic rings. The van der Waals surface area contributed by atoms with Crippen LogP contribution < -0.4 is 10.0 Å². The molecule has 0 saturated heterocycles. The average Bonchev–Trinajstić information content (AvgIpc) is 2.50. The van der Waals surface area contributed by atoms with Crippen LogP contribution in [0.25, 0.3) is 0 Å². The molecule has 5 nitrogen and oxygen atoms in total. The maximum atomic E-state index is 13.7. The lowest BCUT2D eigenvalue weighted by molar-refractivity contribution is 0.0946. The lowest BCUT2D eigenvalue weighted by Gasteiger charge is -2.17. The van der Waals surface area contributed by atoms with Crippen molar-refractivity contribution < 1.29 is 22.0 Å². The molecule has 0 radical (unpaired) electrons. The molecule has 23 heavy (non-hydrogen) atoms. The van der Waals surface area contributed by atoms with Gasteiger partial charge in [0.25, 0.3) is 15.9 Å². The highest BCUT2D eigenvalue weighted by Crippen LogP contribution is 2.23. The molecule has 0 unspecified atom stereocenters. The molecule has 120 valence electrons. The van der Waals surface area contributed by atoms with Crippen molar-refractivity contribution in [2.45, 2.75) is 11.3 Å². The van der Waals surface area contributed by atoms with Gasteiger partial charge in [-0.25, -0.2) is 17.2 Å². The van der Waals surface area contributed by atoms with Gasteiger partial charge in [-0.15, -0.1) is 0 Å². The Labute approximate surface area is 131 Å². The maximum absolute atomic E-state index is 13.7. The van der Waals surface area contributed by atoms with Gasteiger partial charge in [0.05, 0.1) is 0 Å². The summed E-state index contributed by atoms with van der Waals surface area (Å²) in [7, 11) is -4.31. The van der Waals surface area contributed by atoms with Gasteiger partial charge in [-0.2, -0.15) is 0 Å². The Kier molecular flexibility index (Phi) is 3.77. The van der Waals surface area contributed by atoms with E-state index >= 15 is 0 Å². The number of hydrogen-bond acceptors (Lipinski definition) is 3. The fraction of sp³-hybridized carbons (Fsp3) is 0.133. The van der Waals surface area contributed by atoms with E-state index in [4.69, 9.17) is 0 Å². The molecule has 0 spiro atoms. The van der Waals surface area contributed by atoms with Crippen LogP contribution in [0.3, 0.4) is 0 Å². The number of sulfonamides is 1. The first-order valence-electron chi connectivity index (χ1n) is 6.76. The van der Waals surface area contributed by atoms with Crippen LogP contribution >= 0.6 is 0 Å². The van der Waals surface area contributed by atoms with E-state index in [1.54, 1.807) is 6.07 Å². The Bertz CT molecular complexity index is 898.